The van der Waals surface area contributed by atoms with Crippen LogP contribution < -0.4 is 15.4 Å². The van der Waals surface area contributed by atoms with E-state index in [1.807, 2.05) is 6.92 Å². The molecule has 2 rings (SSSR count). The number of hydrogen-bond donors (Lipinski definition) is 3. The third kappa shape index (κ3) is 5.79. The Hall–Kier alpha value is -1.60. The summed E-state index contributed by atoms with van der Waals surface area (Å²) in [5, 5.41) is 6.19. The maximum atomic E-state index is 12.4. The Morgan fingerprint density at radius 2 is 1.96 bits per heavy atom. The first kappa shape index (κ1) is 18.7. The van der Waals surface area contributed by atoms with Crippen LogP contribution in [0.15, 0.2) is 18.2 Å². The Morgan fingerprint density at radius 3 is 2.58 bits per heavy atom. The minimum Gasteiger partial charge on any atom is -0.324 e. The van der Waals surface area contributed by atoms with Crippen LogP contribution in [-0.2, 0) is 14.8 Å². The summed E-state index contributed by atoms with van der Waals surface area (Å²) in [6.45, 7) is 6.03. The van der Waals surface area contributed by atoms with E-state index >= 15 is 0 Å². The van der Waals surface area contributed by atoms with E-state index in [1.54, 1.807) is 18.2 Å². The number of carbonyl (C=O) groups is 1. The second-order valence-electron chi connectivity index (χ2n) is 6.74. The van der Waals surface area contributed by atoms with Crippen LogP contribution in [0.1, 0.15) is 31.7 Å². The van der Waals surface area contributed by atoms with Gasteiger partial charge in [0.05, 0.1) is 17.6 Å². The SMILES string of the molecule is Cc1ccc(NS(C)(=O)=O)c(NC(=O)CC(C)C2CCNCC2)c1. The summed E-state index contributed by atoms with van der Waals surface area (Å²) in [6.07, 6.45) is 3.73. The number of aryl methyl sites for hydroxylation is 1. The maximum absolute atomic E-state index is 12.4. The molecule has 0 spiro atoms. The van der Waals surface area contributed by atoms with Crippen LogP contribution in [0, 0.1) is 18.8 Å². The average molecular weight is 353 g/mol. The molecular formula is C17H27N3O3S. The van der Waals surface area contributed by atoms with Crippen molar-refractivity contribution in [3.63, 3.8) is 0 Å². The summed E-state index contributed by atoms with van der Waals surface area (Å²) in [5.41, 5.74) is 1.85. The largest absolute Gasteiger partial charge is 0.324 e. The molecule has 1 saturated heterocycles. The standard InChI is InChI=1S/C17H27N3O3S/c1-12-4-5-15(20-24(3,22)23)16(10-12)19-17(21)11-13(2)14-6-8-18-9-7-14/h4-5,10,13-14,18,20H,6-9,11H2,1-3H3,(H,19,21). The first-order valence-corrected chi connectivity index (χ1v) is 10.2. The fraction of sp³-hybridized carbons (Fsp3) is 0.588. The number of sulfonamides is 1. The van der Waals surface area contributed by atoms with Crippen molar-refractivity contribution in [1.29, 1.82) is 0 Å². The van der Waals surface area contributed by atoms with Crippen molar-refractivity contribution in [3.05, 3.63) is 23.8 Å². The summed E-state index contributed by atoms with van der Waals surface area (Å²) in [4.78, 5) is 12.4. The smallest absolute Gasteiger partial charge is 0.229 e. The predicted molar refractivity (Wildman–Crippen MR) is 97.6 cm³/mol. The van der Waals surface area contributed by atoms with Crippen LogP contribution in [-0.4, -0.2) is 33.7 Å². The topological polar surface area (TPSA) is 87.3 Å². The van der Waals surface area contributed by atoms with Gasteiger partial charge in [0.25, 0.3) is 0 Å². The highest BCUT2D eigenvalue weighted by Gasteiger charge is 2.22. The number of amides is 1. The molecule has 0 bridgehead atoms. The highest BCUT2D eigenvalue weighted by Crippen LogP contribution is 2.27. The fourth-order valence-corrected chi connectivity index (χ4v) is 3.70. The molecule has 1 heterocycles. The van der Waals surface area contributed by atoms with Crippen LogP contribution >= 0.6 is 0 Å². The van der Waals surface area contributed by atoms with Gasteiger partial charge in [-0.05, 0) is 62.4 Å². The lowest BCUT2D eigenvalue weighted by molar-refractivity contribution is -0.117. The molecule has 1 aromatic carbocycles. The summed E-state index contributed by atoms with van der Waals surface area (Å²) in [5.74, 6) is 0.787. The molecule has 7 heteroatoms. The summed E-state index contributed by atoms with van der Waals surface area (Å²) < 4.78 is 25.4. The summed E-state index contributed by atoms with van der Waals surface area (Å²) in [7, 11) is -3.40. The van der Waals surface area contributed by atoms with E-state index in [0.717, 1.165) is 37.8 Å². The summed E-state index contributed by atoms with van der Waals surface area (Å²) >= 11 is 0. The Bertz CT molecular complexity index is 682. The molecule has 24 heavy (non-hydrogen) atoms. The van der Waals surface area contributed by atoms with Gasteiger partial charge in [-0.25, -0.2) is 8.42 Å². The molecule has 1 aromatic rings. The molecule has 1 amide bonds. The highest BCUT2D eigenvalue weighted by atomic mass is 32.2. The Labute approximate surface area is 144 Å². The zero-order valence-electron chi connectivity index (χ0n) is 14.6. The Morgan fingerprint density at radius 1 is 1.29 bits per heavy atom. The molecule has 1 fully saturated rings. The maximum Gasteiger partial charge on any atom is 0.229 e. The first-order valence-electron chi connectivity index (χ1n) is 8.33. The van der Waals surface area contributed by atoms with Crippen LogP contribution in [0.4, 0.5) is 11.4 Å². The van der Waals surface area contributed by atoms with Gasteiger partial charge in [-0.15, -0.1) is 0 Å². The molecule has 6 nitrogen and oxygen atoms in total. The molecule has 0 radical (unpaired) electrons. The second kappa shape index (κ2) is 7.98. The molecule has 0 aliphatic carbocycles. The van der Waals surface area contributed by atoms with Gasteiger partial charge in [0.2, 0.25) is 15.9 Å². The number of carbonyl (C=O) groups excluding carboxylic acids is 1. The van der Waals surface area contributed by atoms with Gasteiger partial charge in [-0.3, -0.25) is 9.52 Å². The van der Waals surface area contributed by atoms with E-state index in [-0.39, 0.29) is 5.91 Å². The lowest BCUT2D eigenvalue weighted by Gasteiger charge is -2.28. The zero-order valence-corrected chi connectivity index (χ0v) is 15.4. The van der Waals surface area contributed by atoms with Gasteiger partial charge < -0.3 is 10.6 Å². The quantitative estimate of drug-likeness (QED) is 0.732. The summed E-state index contributed by atoms with van der Waals surface area (Å²) in [6, 6.07) is 5.25. The monoisotopic (exact) mass is 353 g/mol. The van der Waals surface area contributed by atoms with Crippen LogP contribution in [0.2, 0.25) is 0 Å². The van der Waals surface area contributed by atoms with Crippen molar-refractivity contribution in [3.8, 4) is 0 Å². The second-order valence-corrected chi connectivity index (χ2v) is 8.49. The van der Waals surface area contributed by atoms with Gasteiger partial charge in [-0.2, -0.15) is 0 Å². The Balaban J connectivity index is 2.03. The number of rotatable bonds is 6. The molecule has 1 atom stereocenters. The van der Waals surface area contributed by atoms with E-state index in [4.69, 9.17) is 0 Å². The number of nitrogens with one attached hydrogen (secondary N) is 3. The number of piperidine rings is 1. The molecule has 134 valence electrons. The molecule has 1 aliphatic rings. The van der Waals surface area contributed by atoms with E-state index in [1.165, 1.54) is 0 Å². The Kier molecular flexibility index (Phi) is 6.23. The molecular weight excluding hydrogens is 326 g/mol. The van der Waals surface area contributed by atoms with E-state index in [0.29, 0.717) is 29.6 Å². The minimum absolute atomic E-state index is 0.0804. The van der Waals surface area contributed by atoms with E-state index < -0.39 is 10.0 Å². The van der Waals surface area contributed by atoms with Crippen LogP contribution in [0.5, 0.6) is 0 Å². The van der Waals surface area contributed by atoms with E-state index in [2.05, 4.69) is 22.3 Å². The number of benzene rings is 1. The number of anilines is 2. The number of hydrogen-bond acceptors (Lipinski definition) is 4. The molecule has 3 N–H and O–H groups in total. The fourth-order valence-electron chi connectivity index (χ4n) is 3.12. The lowest BCUT2D eigenvalue weighted by atomic mass is 9.84. The van der Waals surface area contributed by atoms with Crippen molar-refractivity contribution in [2.45, 2.75) is 33.1 Å². The predicted octanol–water partition coefficient (Wildman–Crippen LogP) is 2.33. The van der Waals surface area contributed by atoms with E-state index in [9.17, 15) is 13.2 Å². The van der Waals surface area contributed by atoms with Crippen LogP contribution in [0.25, 0.3) is 0 Å². The van der Waals surface area contributed by atoms with Crippen molar-refractivity contribution >= 4 is 27.3 Å². The zero-order chi connectivity index (χ0) is 17.7. The molecule has 0 saturated carbocycles. The average Bonchev–Trinajstić information content (AvgIpc) is 2.49. The first-order chi connectivity index (χ1) is 11.2. The van der Waals surface area contributed by atoms with Crippen molar-refractivity contribution in [2.75, 3.05) is 29.4 Å². The van der Waals surface area contributed by atoms with Crippen LogP contribution in [0.3, 0.4) is 0 Å². The van der Waals surface area contributed by atoms with Gasteiger partial charge in [0.1, 0.15) is 0 Å². The minimum atomic E-state index is -3.40. The lowest BCUT2D eigenvalue weighted by Crippen LogP contribution is -2.32. The van der Waals surface area contributed by atoms with Crippen molar-refractivity contribution in [2.24, 2.45) is 11.8 Å². The van der Waals surface area contributed by atoms with Crippen molar-refractivity contribution in [1.82, 2.24) is 5.32 Å². The van der Waals surface area contributed by atoms with Gasteiger partial charge in [0.15, 0.2) is 0 Å². The highest BCUT2D eigenvalue weighted by molar-refractivity contribution is 7.92. The van der Waals surface area contributed by atoms with Gasteiger partial charge in [-0.1, -0.05) is 13.0 Å². The third-order valence-electron chi connectivity index (χ3n) is 4.44. The third-order valence-corrected chi connectivity index (χ3v) is 5.03. The molecule has 1 aliphatic heterocycles. The van der Waals surface area contributed by atoms with Gasteiger partial charge >= 0.3 is 0 Å². The molecule has 1 unspecified atom stereocenters. The normalized spacial score (nSPS) is 17.3. The molecule has 0 aromatic heterocycles. The van der Waals surface area contributed by atoms with Crippen molar-refractivity contribution < 1.29 is 13.2 Å². The van der Waals surface area contributed by atoms with Gasteiger partial charge in [0, 0.05) is 6.42 Å².